The number of aromatic carboxylic acids is 1. The largest absolute Gasteiger partial charge is 0.508 e. The van der Waals surface area contributed by atoms with Gasteiger partial charge in [0.1, 0.15) is 29.2 Å². The van der Waals surface area contributed by atoms with Gasteiger partial charge < -0.3 is 61.9 Å². The van der Waals surface area contributed by atoms with Crippen LogP contribution in [0, 0.1) is 5.92 Å². The van der Waals surface area contributed by atoms with Crippen LogP contribution in [0.2, 0.25) is 0 Å². The number of anilines is 4. The number of aromatic hydroxyl groups is 1. The van der Waals surface area contributed by atoms with Crippen LogP contribution in [0.3, 0.4) is 0 Å². The SMILES string of the molecule is CC[C@H](C)[C@@H](C(=O)N1CCN(c2nc(Nc3ccc(-c4c5ccc(=O)cc-5oc5cc(O)ccc45)c(C(=O)O)c3)nc(N3CCN(C(=O)[C@H](CCCCN)n4cc(CCC(=O)O)nn4)CC3)n2)CC1)n1cc(CCCN=C(N)N)nn1. The number of phenols is 1. The van der Waals surface area contributed by atoms with Gasteiger partial charge in [0.15, 0.2) is 11.4 Å². The standard InChI is InChI=1S/C54H66N18O9/c1-3-32(2)47(72-31-34(63-66-72)7-6-18-58-51(56)57)49(78)68-21-25-70(26-22-68)54-61-52(59-33-9-13-38(41(27-33)50(79)80)46-39-14-11-36(73)28-43(39)81-44-29-37(74)12-15-40(44)46)60-53(62-54)69-23-19-67(20-24-69)48(77)42(8-4-5-17-55)71-30-35(64-65-71)10-16-45(75)76/h9,11-15,27-32,42,47,73H,3-8,10,16-26,55H2,1-2H3,(H,75,76)(H,79,80)(H4,56,57,58)(H,59,60,61,62)/t32-,42-,47-/m0/s1. The van der Waals surface area contributed by atoms with E-state index < -0.39 is 24.0 Å². The lowest BCUT2D eigenvalue weighted by Gasteiger charge is -2.38. The van der Waals surface area contributed by atoms with Crippen molar-refractivity contribution in [3.05, 3.63) is 94.2 Å². The summed E-state index contributed by atoms with van der Waals surface area (Å²) in [5.41, 5.74) is 19.5. The number of aryl methyl sites for hydroxylation is 2. The van der Waals surface area contributed by atoms with Crippen molar-refractivity contribution in [3.8, 4) is 28.2 Å². The lowest BCUT2D eigenvalue weighted by molar-refractivity contribution is -0.137. The normalized spacial score (nSPS) is 15.0. The van der Waals surface area contributed by atoms with Crippen molar-refractivity contribution in [3.63, 3.8) is 0 Å². The van der Waals surface area contributed by atoms with Gasteiger partial charge in [0.2, 0.25) is 29.7 Å². The molecule has 2 saturated heterocycles. The third-order valence-electron chi connectivity index (χ3n) is 14.7. The second-order valence-corrected chi connectivity index (χ2v) is 20.2. The average molecular weight is 1110 g/mol. The van der Waals surface area contributed by atoms with Crippen molar-refractivity contribution < 1.29 is 38.9 Å². The average Bonchev–Trinajstić information content (AvgIpc) is 4.15. The Morgan fingerprint density at radius 3 is 2.07 bits per heavy atom. The van der Waals surface area contributed by atoms with Crippen LogP contribution < -0.4 is 37.7 Å². The fraction of sp³-hybridized carbons (Fsp3) is 0.426. The van der Waals surface area contributed by atoms with E-state index in [1.54, 1.807) is 40.0 Å². The molecule has 5 aromatic rings. The van der Waals surface area contributed by atoms with Crippen molar-refractivity contribution in [2.24, 2.45) is 28.1 Å². The van der Waals surface area contributed by atoms with Crippen molar-refractivity contribution in [1.29, 1.82) is 0 Å². The first-order valence-electron chi connectivity index (χ1n) is 27.0. The minimum atomic E-state index is -1.24. The molecule has 3 atom stereocenters. The number of nitrogens with two attached hydrogens (primary N) is 3. The molecule has 9 rings (SSSR count). The molecular weight excluding hydrogens is 1040 g/mol. The number of hydrogen-bond acceptors (Lipinski definition) is 19. The van der Waals surface area contributed by atoms with Crippen molar-refractivity contribution in [1.82, 2.24) is 54.7 Å². The summed E-state index contributed by atoms with van der Waals surface area (Å²) in [6, 6.07) is 12.3. The summed E-state index contributed by atoms with van der Waals surface area (Å²) in [5.74, 6) is -1.66. The number of fused-ring (bicyclic) bond motifs is 2. The first-order valence-corrected chi connectivity index (χ1v) is 27.0. The van der Waals surface area contributed by atoms with Gasteiger partial charge >= 0.3 is 11.9 Å². The van der Waals surface area contributed by atoms with Crippen molar-refractivity contribution >= 4 is 64.2 Å². The summed E-state index contributed by atoms with van der Waals surface area (Å²) in [7, 11) is 0. The van der Waals surface area contributed by atoms with E-state index in [-0.39, 0.29) is 70.6 Å². The summed E-state index contributed by atoms with van der Waals surface area (Å²) in [6.07, 6.45) is 7.27. The van der Waals surface area contributed by atoms with Gasteiger partial charge in [-0.05, 0) is 86.5 Å². The molecule has 0 spiro atoms. The summed E-state index contributed by atoms with van der Waals surface area (Å²) >= 11 is 0. The summed E-state index contributed by atoms with van der Waals surface area (Å²) in [4.78, 5) is 92.0. The van der Waals surface area contributed by atoms with Gasteiger partial charge in [0, 0.05) is 112 Å². The number of nitrogens with one attached hydrogen (secondary N) is 1. The number of amides is 2. The molecule has 2 amide bonds. The number of piperazine rings is 2. The lowest BCUT2D eigenvalue weighted by Crippen LogP contribution is -2.52. The van der Waals surface area contributed by atoms with E-state index in [0.29, 0.717) is 143 Å². The van der Waals surface area contributed by atoms with E-state index in [1.165, 1.54) is 35.0 Å². The van der Waals surface area contributed by atoms with E-state index in [2.05, 4.69) is 30.9 Å². The molecule has 0 saturated carbocycles. The van der Waals surface area contributed by atoms with E-state index in [0.717, 1.165) is 12.1 Å². The number of carbonyl (C=O) groups excluding carboxylic acids is 2. The Morgan fingerprint density at radius 2 is 1.42 bits per heavy atom. The number of unbranched alkanes of at least 4 members (excludes halogenated alkanes) is 1. The maximum atomic E-state index is 14.4. The zero-order chi connectivity index (χ0) is 57.3. The van der Waals surface area contributed by atoms with Gasteiger partial charge in [-0.3, -0.25) is 24.2 Å². The fourth-order valence-corrected chi connectivity index (χ4v) is 10.2. The van der Waals surface area contributed by atoms with E-state index in [9.17, 15) is 39.3 Å². The van der Waals surface area contributed by atoms with Crippen LogP contribution in [0.25, 0.3) is 33.4 Å². The number of aliphatic carboxylic acids is 1. The maximum Gasteiger partial charge on any atom is 0.336 e. The maximum absolute atomic E-state index is 14.4. The first-order chi connectivity index (χ1) is 39.1. The Balaban J connectivity index is 0.989. The van der Waals surface area contributed by atoms with Gasteiger partial charge in [-0.2, -0.15) is 15.0 Å². The lowest BCUT2D eigenvalue weighted by atomic mass is 9.90. The Labute approximate surface area is 464 Å². The Kier molecular flexibility index (Phi) is 17.6. The molecule has 2 aromatic carbocycles. The number of carboxylic acids is 2. The molecule has 2 fully saturated rings. The Hall–Kier alpha value is -9.27. The topological polar surface area (TPSA) is 375 Å². The number of hydrogen-bond donors (Lipinski definition) is 7. The molecule has 3 aliphatic heterocycles. The number of carbonyl (C=O) groups is 4. The molecule has 27 nitrogen and oxygen atoms in total. The highest BCUT2D eigenvalue weighted by Gasteiger charge is 2.35. The smallest absolute Gasteiger partial charge is 0.336 e. The summed E-state index contributed by atoms with van der Waals surface area (Å²) in [6.45, 7) is 7.60. The highest BCUT2D eigenvalue weighted by molar-refractivity contribution is 6.08. The molecule has 6 heterocycles. The predicted molar refractivity (Wildman–Crippen MR) is 299 cm³/mol. The zero-order valence-corrected chi connectivity index (χ0v) is 45.1. The van der Waals surface area contributed by atoms with E-state index >= 15 is 0 Å². The van der Waals surface area contributed by atoms with E-state index in [1.807, 2.05) is 34.7 Å². The molecule has 27 heteroatoms. The van der Waals surface area contributed by atoms with Crippen LogP contribution in [0.15, 0.2) is 81.2 Å². The van der Waals surface area contributed by atoms with Gasteiger partial charge in [-0.1, -0.05) is 36.8 Å². The van der Waals surface area contributed by atoms with Crippen LogP contribution >= 0.6 is 0 Å². The van der Waals surface area contributed by atoms with E-state index in [4.69, 9.17) is 36.6 Å². The van der Waals surface area contributed by atoms with Crippen LogP contribution in [0.1, 0.15) is 86.2 Å². The highest BCUT2D eigenvalue weighted by Crippen LogP contribution is 2.43. The molecule has 81 heavy (non-hydrogen) atoms. The molecule has 0 radical (unpaired) electrons. The molecule has 0 unspecified atom stereocenters. The third kappa shape index (κ3) is 13.3. The zero-order valence-electron chi connectivity index (χ0n) is 45.1. The number of nitrogens with zero attached hydrogens (tertiary/aromatic N) is 14. The number of carboxylic acid groups (broad SMARTS) is 2. The molecule has 0 bridgehead atoms. The minimum absolute atomic E-state index is 0.0189. The molecular formula is C54H66N18O9. The van der Waals surface area contributed by atoms with Crippen molar-refractivity contribution in [2.45, 2.75) is 77.3 Å². The number of phenolic OH excluding ortho intramolecular Hbond substituents is 1. The first kappa shape index (κ1) is 56.5. The predicted octanol–water partition coefficient (Wildman–Crippen LogP) is 3.26. The Bertz CT molecular complexity index is 3450. The van der Waals surface area contributed by atoms with Crippen LogP contribution in [0.5, 0.6) is 5.75 Å². The van der Waals surface area contributed by atoms with Gasteiger partial charge in [-0.15, -0.1) is 10.2 Å². The molecule has 3 aromatic heterocycles. The molecule has 426 valence electrons. The molecule has 1 aliphatic carbocycles. The Morgan fingerprint density at radius 1 is 0.765 bits per heavy atom. The number of rotatable bonds is 23. The van der Waals surface area contributed by atoms with Gasteiger partial charge in [-0.25, -0.2) is 14.2 Å². The fourth-order valence-electron chi connectivity index (χ4n) is 10.2. The van der Waals surface area contributed by atoms with Gasteiger partial charge in [0.05, 0.1) is 23.4 Å². The van der Waals surface area contributed by atoms with Crippen molar-refractivity contribution in [2.75, 3.05) is 80.6 Å². The summed E-state index contributed by atoms with van der Waals surface area (Å²) in [5, 5.41) is 51.2. The number of aromatic nitrogens is 9. The summed E-state index contributed by atoms with van der Waals surface area (Å²) < 4.78 is 9.19. The van der Waals surface area contributed by atoms with Gasteiger partial charge in [0.25, 0.3) is 0 Å². The quantitative estimate of drug-likeness (QED) is 0.0209. The minimum Gasteiger partial charge on any atom is -0.508 e. The highest BCUT2D eigenvalue weighted by atomic mass is 16.4. The van der Waals surface area contributed by atoms with Crippen LogP contribution in [0.4, 0.5) is 23.5 Å². The number of aliphatic imine (C=N–C) groups is 1. The second kappa shape index (κ2) is 25.2. The number of benzene rings is 3. The molecule has 4 aliphatic rings. The second-order valence-electron chi connectivity index (χ2n) is 20.2. The van der Waals surface area contributed by atoms with Crippen LogP contribution in [-0.4, -0.2) is 165 Å². The number of guanidine groups is 1. The van der Waals surface area contributed by atoms with Crippen LogP contribution in [-0.2, 0) is 27.2 Å². The molecule has 10 N–H and O–H groups in total. The monoisotopic (exact) mass is 1110 g/mol. The third-order valence-corrected chi connectivity index (χ3v) is 14.7.